The summed E-state index contributed by atoms with van der Waals surface area (Å²) in [6, 6.07) is 15.0. The van der Waals surface area contributed by atoms with Gasteiger partial charge in [-0.3, -0.25) is 14.4 Å². The third-order valence-electron chi connectivity index (χ3n) is 4.82. The molecule has 1 heterocycles. The SMILES string of the molecule is O=C(COc1ccccc1C(F)(F)F)Nc1ccc(N2C(=O)c3ccccc3C2=O)c(Cl)c1. The lowest BCUT2D eigenvalue weighted by Gasteiger charge is -2.17. The second kappa shape index (κ2) is 8.59. The van der Waals surface area contributed by atoms with Gasteiger partial charge in [0.1, 0.15) is 5.75 Å². The Morgan fingerprint density at radius 2 is 1.55 bits per heavy atom. The molecule has 168 valence electrons. The summed E-state index contributed by atoms with van der Waals surface area (Å²) < 4.78 is 44.1. The molecular weight excluding hydrogens is 461 g/mol. The minimum atomic E-state index is -4.62. The summed E-state index contributed by atoms with van der Waals surface area (Å²) in [4.78, 5) is 38.4. The van der Waals surface area contributed by atoms with Gasteiger partial charge in [-0.25, -0.2) is 4.90 Å². The van der Waals surface area contributed by atoms with E-state index in [1.807, 2.05) is 0 Å². The number of alkyl halides is 3. The summed E-state index contributed by atoms with van der Waals surface area (Å²) in [5.74, 6) is -2.24. The lowest BCUT2D eigenvalue weighted by atomic mass is 10.1. The largest absolute Gasteiger partial charge is 0.483 e. The van der Waals surface area contributed by atoms with E-state index in [-0.39, 0.29) is 27.5 Å². The van der Waals surface area contributed by atoms with Crippen molar-refractivity contribution in [3.63, 3.8) is 0 Å². The normalized spacial score (nSPS) is 13.2. The number of hydrogen-bond acceptors (Lipinski definition) is 4. The second-order valence-corrected chi connectivity index (χ2v) is 7.40. The molecule has 0 atom stereocenters. The quantitative estimate of drug-likeness (QED) is 0.517. The number of amides is 3. The van der Waals surface area contributed by atoms with Crippen LogP contribution in [0.15, 0.2) is 66.7 Å². The van der Waals surface area contributed by atoms with Crippen molar-refractivity contribution in [1.29, 1.82) is 0 Å². The van der Waals surface area contributed by atoms with Crippen molar-refractivity contribution in [1.82, 2.24) is 0 Å². The molecule has 33 heavy (non-hydrogen) atoms. The number of hydrogen-bond donors (Lipinski definition) is 1. The molecule has 0 bridgehead atoms. The second-order valence-electron chi connectivity index (χ2n) is 6.99. The van der Waals surface area contributed by atoms with Gasteiger partial charge in [0.15, 0.2) is 6.61 Å². The molecule has 0 aliphatic carbocycles. The molecule has 4 rings (SSSR count). The van der Waals surface area contributed by atoms with E-state index >= 15 is 0 Å². The van der Waals surface area contributed by atoms with Crippen LogP contribution in [0, 0.1) is 0 Å². The number of para-hydroxylation sites is 1. The van der Waals surface area contributed by atoms with Gasteiger partial charge in [0, 0.05) is 5.69 Å². The van der Waals surface area contributed by atoms with Crippen LogP contribution < -0.4 is 15.0 Å². The molecule has 0 spiro atoms. The highest BCUT2D eigenvalue weighted by Gasteiger charge is 2.37. The van der Waals surface area contributed by atoms with Crippen molar-refractivity contribution in [2.75, 3.05) is 16.8 Å². The number of halogens is 4. The van der Waals surface area contributed by atoms with Crippen LogP contribution in [0.3, 0.4) is 0 Å². The molecule has 1 N–H and O–H groups in total. The lowest BCUT2D eigenvalue weighted by molar-refractivity contribution is -0.139. The first kappa shape index (κ1) is 22.3. The van der Waals surface area contributed by atoms with Crippen LogP contribution in [-0.2, 0) is 11.0 Å². The van der Waals surface area contributed by atoms with Crippen LogP contribution in [0.25, 0.3) is 0 Å². The van der Waals surface area contributed by atoms with E-state index in [1.165, 1.54) is 42.5 Å². The smallest absolute Gasteiger partial charge is 0.419 e. The fraction of sp³-hybridized carbons (Fsp3) is 0.0870. The summed E-state index contributed by atoms with van der Waals surface area (Å²) in [6.07, 6.45) is -4.62. The van der Waals surface area contributed by atoms with E-state index in [9.17, 15) is 27.6 Å². The number of fused-ring (bicyclic) bond motifs is 1. The summed E-state index contributed by atoms with van der Waals surface area (Å²) >= 11 is 6.26. The number of carbonyl (C=O) groups excluding carboxylic acids is 3. The van der Waals surface area contributed by atoms with Gasteiger partial charge in [-0.1, -0.05) is 35.9 Å². The summed E-state index contributed by atoms with van der Waals surface area (Å²) in [6.45, 7) is -0.676. The van der Waals surface area contributed by atoms with Gasteiger partial charge in [0.25, 0.3) is 17.7 Å². The predicted molar refractivity (Wildman–Crippen MR) is 115 cm³/mol. The van der Waals surface area contributed by atoms with Crippen molar-refractivity contribution in [3.05, 3.63) is 88.4 Å². The number of carbonyl (C=O) groups is 3. The van der Waals surface area contributed by atoms with Crippen molar-refractivity contribution in [3.8, 4) is 5.75 Å². The number of rotatable bonds is 5. The van der Waals surface area contributed by atoms with Gasteiger partial charge in [-0.15, -0.1) is 0 Å². The summed E-state index contributed by atoms with van der Waals surface area (Å²) in [5.41, 5.74) is -0.139. The Bertz CT molecular complexity index is 1240. The third-order valence-corrected chi connectivity index (χ3v) is 5.12. The van der Waals surface area contributed by atoms with Crippen molar-refractivity contribution in [2.24, 2.45) is 0 Å². The average molecular weight is 475 g/mol. The molecule has 6 nitrogen and oxygen atoms in total. The van der Waals surface area contributed by atoms with Crippen LogP contribution in [0.4, 0.5) is 24.5 Å². The predicted octanol–water partition coefficient (Wildman–Crippen LogP) is 5.18. The topological polar surface area (TPSA) is 75.7 Å². The number of ether oxygens (including phenoxy) is 1. The minimum absolute atomic E-state index is 0.0191. The average Bonchev–Trinajstić information content (AvgIpc) is 3.03. The molecule has 3 aromatic carbocycles. The molecule has 3 aromatic rings. The highest BCUT2D eigenvalue weighted by molar-refractivity contribution is 6.40. The monoisotopic (exact) mass is 474 g/mol. The zero-order chi connectivity index (χ0) is 23.8. The minimum Gasteiger partial charge on any atom is -0.483 e. The van der Waals surface area contributed by atoms with Gasteiger partial charge >= 0.3 is 6.18 Å². The highest BCUT2D eigenvalue weighted by atomic mass is 35.5. The molecule has 0 aromatic heterocycles. The van der Waals surface area contributed by atoms with E-state index in [2.05, 4.69) is 5.32 Å². The summed E-state index contributed by atoms with van der Waals surface area (Å²) in [7, 11) is 0. The van der Waals surface area contributed by atoms with Crippen LogP contribution >= 0.6 is 11.6 Å². The maximum absolute atomic E-state index is 13.0. The van der Waals surface area contributed by atoms with Gasteiger partial charge in [-0.05, 0) is 42.5 Å². The zero-order valence-electron chi connectivity index (χ0n) is 16.7. The van der Waals surface area contributed by atoms with Crippen molar-refractivity contribution in [2.45, 2.75) is 6.18 Å². The molecule has 1 aliphatic rings. The number of nitrogens with zero attached hydrogens (tertiary/aromatic N) is 1. The van der Waals surface area contributed by atoms with Crippen LogP contribution in [-0.4, -0.2) is 24.3 Å². The Labute approximate surface area is 190 Å². The summed E-state index contributed by atoms with van der Waals surface area (Å²) in [5, 5.41) is 2.47. The molecule has 0 saturated heterocycles. The Hall–Kier alpha value is -3.85. The number of imide groups is 1. The van der Waals surface area contributed by atoms with Crippen LogP contribution in [0.5, 0.6) is 5.75 Å². The van der Waals surface area contributed by atoms with E-state index in [0.717, 1.165) is 17.0 Å². The molecule has 0 saturated carbocycles. The highest BCUT2D eigenvalue weighted by Crippen LogP contribution is 2.36. The Kier molecular flexibility index (Phi) is 5.82. The van der Waals surface area contributed by atoms with Crippen molar-refractivity contribution < 1.29 is 32.3 Å². The van der Waals surface area contributed by atoms with Gasteiger partial charge in [0.05, 0.1) is 27.4 Å². The van der Waals surface area contributed by atoms with Crippen LogP contribution in [0.1, 0.15) is 26.3 Å². The molecule has 0 unspecified atom stereocenters. The first-order chi connectivity index (χ1) is 15.7. The molecular formula is C23H14ClF3N2O4. The molecule has 0 fully saturated rings. The van der Waals surface area contributed by atoms with Gasteiger partial charge < -0.3 is 10.1 Å². The standard InChI is InChI=1S/C23H14ClF3N2O4/c24-17-11-13(28-20(30)12-33-19-8-4-3-7-16(19)23(25,26)27)9-10-18(17)29-21(31)14-5-1-2-6-15(14)22(29)32/h1-11H,12H2,(H,28,30). The first-order valence-electron chi connectivity index (χ1n) is 9.53. The Morgan fingerprint density at radius 3 is 2.15 bits per heavy atom. The fourth-order valence-electron chi connectivity index (χ4n) is 3.34. The van der Waals surface area contributed by atoms with E-state index in [1.54, 1.807) is 12.1 Å². The Morgan fingerprint density at radius 1 is 0.939 bits per heavy atom. The number of benzene rings is 3. The van der Waals surface area contributed by atoms with Crippen LogP contribution in [0.2, 0.25) is 5.02 Å². The first-order valence-corrected chi connectivity index (χ1v) is 9.91. The lowest BCUT2D eigenvalue weighted by Crippen LogP contribution is -2.29. The number of anilines is 2. The van der Waals surface area contributed by atoms with E-state index in [0.29, 0.717) is 0 Å². The fourth-order valence-corrected chi connectivity index (χ4v) is 3.61. The van der Waals surface area contributed by atoms with Gasteiger partial charge in [0.2, 0.25) is 0 Å². The zero-order valence-corrected chi connectivity index (χ0v) is 17.4. The van der Waals surface area contributed by atoms with E-state index in [4.69, 9.17) is 16.3 Å². The third kappa shape index (κ3) is 4.40. The molecule has 1 aliphatic heterocycles. The molecule has 3 amide bonds. The van der Waals surface area contributed by atoms with Crippen molar-refractivity contribution >= 4 is 40.7 Å². The van der Waals surface area contributed by atoms with Gasteiger partial charge in [-0.2, -0.15) is 13.2 Å². The molecule has 0 radical (unpaired) electrons. The number of nitrogens with one attached hydrogen (secondary N) is 1. The maximum Gasteiger partial charge on any atom is 0.419 e. The molecule has 10 heteroatoms. The Balaban J connectivity index is 1.45. The van der Waals surface area contributed by atoms with E-state index < -0.39 is 41.8 Å². The maximum atomic E-state index is 13.0.